The Kier molecular flexibility index (Phi) is 5.06. The summed E-state index contributed by atoms with van der Waals surface area (Å²) >= 11 is 8.49. The third-order valence-corrected chi connectivity index (χ3v) is 5.64. The molecule has 0 atom stereocenters. The zero-order valence-electron chi connectivity index (χ0n) is 13.6. The van der Waals surface area contributed by atoms with E-state index in [2.05, 4.69) is 20.5 Å². The van der Waals surface area contributed by atoms with E-state index in [1.165, 1.54) is 35.2 Å². The van der Waals surface area contributed by atoms with Gasteiger partial charge in [0, 0.05) is 5.02 Å². The van der Waals surface area contributed by atoms with E-state index in [4.69, 9.17) is 11.6 Å². The molecule has 0 fully saturated rings. The Balaban J connectivity index is 1.43. The summed E-state index contributed by atoms with van der Waals surface area (Å²) in [7, 11) is 0. The molecule has 0 bridgehead atoms. The standard InChI is InChI=1S/C17H11ClFN5OS2/c18-10-2-1-3-12(6-10)24-9-20-23-17(24)26-8-15(25)22-16-21-13-5-4-11(19)7-14(13)27-16/h1-7,9H,8H2,(H,21,22,25). The van der Waals surface area contributed by atoms with Crippen LogP contribution in [0.3, 0.4) is 0 Å². The predicted octanol–water partition coefficient (Wildman–Crippen LogP) is 4.40. The molecule has 10 heteroatoms. The number of thioether (sulfide) groups is 1. The van der Waals surface area contributed by atoms with Gasteiger partial charge in [0.15, 0.2) is 10.3 Å². The number of carbonyl (C=O) groups is 1. The maximum atomic E-state index is 13.3. The topological polar surface area (TPSA) is 72.7 Å². The van der Waals surface area contributed by atoms with Gasteiger partial charge in [0.25, 0.3) is 0 Å². The van der Waals surface area contributed by atoms with E-state index >= 15 is 0 Å². The van der Waals surface area contributed by atoms with Crippen LogP contribution in [0.2, 0.25) is 5.02 Å². The van der Waals surface area contributed by atoms with E-state index < -0.39 is 0 Å². The first-order valence-corrected chi connectivity index (χ1v) is 9.91. The second kappa shape index (κ2) is 7.63. The molecule has 2 heterocycles. The predicted molar refractivity (Wildman–Crippen MR) is 105 cm³/mol. The van der Waals surface area contributed by atoms with Crippen LogP contribution in [0.4, 0.5) is 9.52 Å². The molecule has 0 radical (unpaired) electrons. The number of nitrogens with one attached hydrogen (secondary N) is 1. The molecule has 0 saturated carbocycles. The SMILES string of the molecule is O=C(CSc1nncn1-c1cccc(Cl)c1)Nc1nc2ccc(F)cc2s1. The quantitative estimate of drug-likeness (QED) is 0.485. The lowest BCUT2D eigenvalue weighted by atomic mass is 10.3. The molecule has 1 amide bonds. The minimum atomic E-state index is -0.333. The zero-order valence-corrected chi connectivity index (χ0v) is 16.0. The number of thiazole rings is 1. The maximum Gasteiger partial charge on any atom is 0.236 e. The van der Waals surface area contributed by atoms with E-state index in [9.17, 15) is 9.18 Å². The van der Waals surface area contributed by atoms with Gasteiger partial charge in [-0.25, -0.2) is 9.37 Å². The van der Waals surface area contributed by atoms with Crippen molar-refractivity contribution < 1.29 is 9.18 Å². The van der Waals surface area contributed by atoms with E-state index in [-0.39, 0.29) is 17.5 Å². The van der Waals surface area contributed by atoms with Gasteiger partial charge in [0.2, 0.25) is 5.91 Å². The molecule has 0 aliphatic rings. The summed E-state index contributed by atoms with van der Waals surface area (Å²) in [5.74, 6) is -0.441. The number of hydrogen-bond acceptors (Lipinski definition) is 6. The Morgan fingerprint density at radius 2 is 2.19 bits per heavy atom. The average Bonchev–Trinajstić information content (AvgIpc) is 3.25. The molecule has 1 N–H and O–H groups in total. The van der Waals surface area contributed by atoms with Gasteiger partial charge in [-0.3, -0.25) is 9.36 Å². The molecule has 2 aromatic heterocycles. The number of carbonyl (C=O) groups excluding carboxylic acids is 1. The Bertz CT molecular complexity index is 1130. The van der Waals surface area contributed by atoms with Crippen molar-refractivity contribution in [3.05, 3.63) is 59.6 Å². The van der Waals surface area contributed by atoms with Gasteiger partial charge in [-0.1, -0.05) is 40.8 Å². The molecule has 4 aromatic rings. The minimum Gasteiger partial charge on any atom is -0.301 e. The van der Waals surface area contributed by atoms with E-state index in [1.54, 1.807) is 29.1 Å². The number of rotatable bonds is 5. The summed E-state index contributed by atoms with van der Waals surface area (Å²) in [6.07, 6.45) is 1.56. The fourth-order valence-corrected chi connectivity index (χ4v) is 4.18. The number of nitrogens with zero attached hydrogens (tertiary/aromatic N) is 4. The van der Waals surface area contributed by atoms with Gasteiger partial charge >= 0.3 is 0 Å². The van der Waals surface area contributed by atoms with Crippen molar-refractivity contribution in [2.24, 2.45) is 0 Å². The first-order valence-electron chi connectivity index (χ1n) is 7.73. The molecule has 0 unspecified atom stereocenters. The van der Waals surface area contributed by atoms with Crippen molar-refractivity contribution in [2.45, 2.75) is 5.16 Å². The molecular weight excluding hydrogens is 409 g/mol. The van der Waals surface area contributed by atoms with Crippen LogP contribution in [-0.4, -0.2) is 31.4 Å². The lowest BCUT2D eigenvalue weighted by molar-refractivity contribution is -0.113. The van der Waals surface area contributed by atoms with E-state index in [1.807, 2.05) is 12.1 Å². The van der Waals surface area contributed by atoms with Gasteiger partial charge in [-0.2, -0.15) is 0 Å². The fourth-order valence-electron chi connectivity index (χ4n) is 2.36. The summed E-state index contributed by atoms with van der Waals surface area (Å²) in [5, 5.41) is 12.3. The highest BCUT2D eigenvalue weighted by Crippen LogP contribution is 2.27. The number of aromatic nitrogens is 4. The van der Waals surface area contributed by atoms with Crippen LogP contribution < -0.4 is 5.32 Å². The highest BCUT2D eigenvalue weighted by Gasteiger charge is 2.12. The molecule has 0 spiro atoms. The number of hydrogen-bond donors (Lipinski definition) is 1. The summed E-state index contributed by atoms with van der Waals surface area (Å²) in [6.45, 7) is 0. The normalized spacial score (nSPS) is 11.0. The van der Waals surface area contributed by atoms with Gasteiger partial charge < -0.3 is 5.32 Å². The number of halogens is 2. The third kappa shape index (κ3) is 4.10. The van der Waals surface area contributed by atoms with Crippen molar-refractivity contribution in [1.29, 1.82) is 0 Å². The molecule has 27 heavy (non-hydrogen) atoms. The van der Waals surface area contributed by atoms with Crippen LogP contribution in [0.1, 0.15) is 0 Å². The minimum absolute atomic E-state index is 0.129. The second-order valence-electron chi connectivity index (χ2n) is 5.43. The third-order valence-electron chi connectivity index (χ3n) is 3.53. The van der Waals surface area contributed by atoms with Gasteiger partial charge in [-0.05, 0) is 36.4 Å². The van der Waals surface area contributed by atoms with Crippen molar-refractivity contribution in [3.63, 3.8) is 0 Å². The maximum absolute atomic E-state index is 13.3. The average molecular weight is 420 g/mol. The molecule has 0 aliphatic carbocycles. The van der Waals surface area contributed by atoms with E-state index in [0.717, 1.165) is 5.69 Å². The van der Waals surface area contributed by atoms with Crippen molar-refractivity contribution in [2.75, 3.05) is 11.1 Å². The first-order chi connectivity index (χ1) is 13.1. The Morgan fingerprint density at radius 3 is 3.04 bits per heavy atom. The van der Waals surface area contributed by atoms with Gasteiger partial charge in [0.05, 0.1) is 21.7 Å². The van der Waals surface area contributed by atoms with Crippen LogP contribution in [0.15, 0.2) is 53.9 Å². The second-order valence-corrected chi connectivity index (χ2v) is 7.84. The Labute approximate surface area is 166 Å². The summed E-state index contributed by atoms with van der Waals surface area (Å²) < 4.78 is 15.7. The Morgan fingerprint density at radius 1 is 1.30 bits per heavy atom. The van der Waals surface area contributed by atoms with Crippen molar-refractivity contribution in [3.8, 4) is 5.69 Å². The summed E-state index contributed by atoms with van der Waals surface area (Å²) in [5.41, 5.74) is 1.45. The molecule has 6 nitrogen and oxygen atoms in total. The van der Waals surface area contributed by atoms with Crippen LogP contribution in [0, 0.1) is 5.82 Å². The summed E-state index contributed by atoms with van der Waals surface area (Å²) in [6, 6.07) is 11.6. The van der Waals surface area contributed by atoms with Crippen molar-refractivity contribution >= 4 is 56.0 Å². The van der Waals surface area contributed by atoms with Crippen LogP contribution >= 0.6 is 34.7 Å². The molecule has 136 valence electrons. The Hall–Kier alpha value is -2.49. The highest BCUT2D eigenvalue weighted by atomic mass is 35.5. The van der Waals surface area contributed by atoms with Crippen molar-refractivity contribution in [1.82, 2.24) is 19.7 Å². The highest BCUT2D eigenvalue weighted by molar-refractivity contribution is 7.99. The lowest BCUT2D eigenvalue weighted by Gasteiger charge is -2.06. The zero-order chi connectivity index (χ0) is 18.8. The van der Waals surface area contributed by atoms with Crippen LogP contribution in [0.5, 0.6) is 0 Å². The smallest absolute Gasteiger partial charge is 0.236 e. The number of fused-ring (bicyclic) bond motifs is 1. The monoisotopic (exact) mass is 419 g/mol. The lowest BCUT2D eigenvalue weighted by Crippen LogP contribution is -2.14. The number of benzene rings is 2. The van der Waals surface area contributed by atoms with E-state index in [0.29, 0.717) is 25.5 Å². The summed E-state index contributed by atoms with van der Waals surface area (Å²) in [4.78, 5) is 16.5. The first kappa shape index (κ1) is 17.9. The molecule has 4 rings (SSSR count). The van der Waals surface area contributed by atoms with Gasteiger partial charge in [0.1, 0.15) is 12.1 Å². The van der Waals surface area contributed by atoms with Gasteiger partial charge in [-0.15, -0.1) is 10.2 Å². The number of anilines is 1. The number of amides is 1. The van der Waals surface area contributed by atoms with Crippen LogP contribution in [0.25, 0.3) is 15.9 Å². The largest absolute Gasteiger partial charge is 0.301 e. The molecule has 0 saturated heterocycles. The molecule has 0 aliphatic heterocycles. The van der Waals surface area contributed by atoms with Crippen LogP contribution in [-0.2, 0) is 4.79 Å². The molecular formula is C17H11ClFN5OS2. The molecule has 2 aromatic carbocycles. The fraction of sp³-hybridized carbons (Fsp3) is 0.0588.